The molecule has 0 spiro atoms. The molecule has 1 amide bonds. The fourth-order valence-electron chi connectivity index (χ4n) is 3.49. The molecule has 3 aromatic heterocycles. The zero-order valence-electron chi connectivity index (χ0n) is 17.5. The van der Waals surface area contributed by atoms with Crippen molar-refractivity contribution in [3.8, 4) is 0 Å². The van der Waals surface area contributed by atoms with Gasteiger partial charge >= 0.3 is 0 Å². The summed E-state index contributed by atoms with van der Waals surface area (Å²) < 4.78 is 1.50. The molecule has 0 atom stereocenters. The van der Waals surface area contributed by atoms with Crippen LogP contribution in [0.1, 0.15) is 54.3 Å². The van der Waals surface area contributed by atoms with Gasteiger partial charge in [-0.3, -0.25) is 4.79 Å². The fraction of sp³-hybridized carbons (Fsp3) is 0.304. The minimum atomic E-state index is -0.243. The van der Waals surface area contributed by atoms with Crippen LogP contribution in [0.3, 0.4) is 0 Å². The zero-order valence-corrected chi connectivity index (χ0v) is 18.4. The molecule has 0 saturated carbocycles. The van der Waals surface area contributed by atoms with Crippen molar-refractivity contribution in [1.82, 2.24) is 20.0 Å². The molecular formula is C23H26N6OS. The summed E-state index contributed by atoms with van der Waals surface area (Å²) in [6.45, 7) is 2.79. The van der Waals surface area contributed by atoms with Crippen LogP contribution in [-0.4, -0.2) is 33.3 Å². The number of nitrogens with one attached hydrogen (secondary N) is 1. The number of fused-ring (bicyclic) bond motifs is 2. The van der Waals surface area contributed by atoms with Crippen molar-refractivity contribution in [1.29, 1.82) is 0 Å². The lowest BCUT2D eigenvalue weighted by molar-refractivity contribution is 0.0955. The number of aromatic nitrogens is 3. The summed E-state index contributed by atoms with van der Waals surface area (Å²) in [5.74, 6) is -0.00533. The average Bonchev–Trinajstić information content (AvgIpc) is 3.38. The largest absolute Gasteiger partial charge is 0.383 e. The van der Waals surface area contributed by atoms with Gasteiger partial charge in [0.1, 0.15) is 16.9 Å². The van der Waals surface area contributed by atoms with Gasteiger partial charge in [-0.2, -0.15) is 9.78 Å². The van der Waals surface area contributed by atoms with Gasteiger partial charge in [-0.25, -0.2) is 9.97 Å². The maximum Gasteiger partial charge on any atom is 0.257 e. The van der Waals surface area contributed by atoms with E-state index in [0.29, 0.717) is 28.8 Å². The number of carbonyl (C=O) groups excluding carboxylic acids is 1. The van der Waals surface area contributed by atoms with Gasteiger partial charge in [-0.1, -0.05) is 50.8 Å². The third kappa shape index (κ3) is 4.59. The van der Waals surface area contributed by atoms with Crippen molar-refractivity contribution >= 4 is 51.5 Å². The fourth-order valence-corrected chi connectivity index (χ4v) is 4.07. The maximum absolute atomic E-state index is 13.0. The highest BCUT2D eigenvalue weighted by molar-refractivity contribution is 7.11. The number of benzene rings is 1. The van der Waals surface area contributed by atoms with Gasteiger partial charge in [-0.15, -0.1) is 11.3 Å². The number of nitrogens with two attached hydrogens (primary N) is 1. The number of rotatable bonds is 9. The number of amides is 1. The maximum atomic E-state index is 13.0. The Kier molecular flexibility index (Phi) is 6.57. The third-order valence-electron chi connectivity index (χ3n) is 5.11. The molecular weight excluding hydrogens is 408 g/mol. The molecule has 0 aliphatic carbocycles. The van der Waals surface area contributed by atoms with E-state index in [9.17, 15) is 4.79 Å². The second-order valence-electron chi connectivity index (χ2n) is 7.39. The number of nitrogen functional groups attached to an aromatic ring is 1. The number of nitrogens with zero attached hydrogens (tertiary/aromatic N) is 4. The molecule has 0 aliphatic heterocycles. The molecule has 0 aliphatic rings. The topological polar surface area (TPSA) is 98.2 Å². The Morgan fingerprint density at radius 2 is 1.90 bits per heavy atom. The van der Waals surface area contributed by atoms with Crippen molar-refractivity contribution < 1.29 is 4.79 Å². The van der Waals surface area contributed by atoms with E-state index in [2.05, 4.69) is 17.3 Å². The molecule has 8 heteroatoms. The molecule has 7 nitrogen and oxygen atoms in total. The molecule has 3 N–H and O–H groups in total. The zero-order chi connectivity index (χ0) is 21.6. The van der Waals surface area contributed by atoms with Crippen LogP contribution in [0.25, 0.3) is 22.2 Å². The smallest absolute Gasteiger partial charge is 0.257 e. The van der Waals surface area contributed by atoms with Crippen LogP contribution in [0.2, 0.25) is 0 Å². The van der Waals surface area contributed by atoms with Gasteiger partial charge in [0.25, 0.3) is 5.91 Å². The van der Waals surface area contributed by atoms with Gasteiger partial charge in [-0.05, 0) is 30.0 Å². The Morgan fingerprint density at radius 3 is 2.65 bits per heavy atom. The Balaban J connectivity index is 1.69. The van der Waals surface area contributed by atoms with E-state index >= 15 is 0 Å². The molecule has 0 bridgehead atoms. The monoisotopic (exact) mass is 434 g/mol. The van der Waals surface area contributed by atoms with Gasteiger partial charge in [0.05, 0.1) is 17.2 Å². The van der Waals surface area contributed by atoms with Crippen LogP contribution in [0.4, 0.5) is 5.82 Å². The summed E-state index contributed by atoms with van der Waals surface area (Å²) in [4.78, 5) is 23.4. The molecule has 1 aromatic carbocycles. The van der Waals surface area contributed by atoms with Crippen molar-refractivity contribution in [3.05, 3.63) is 52.2 Å². The molecule has 160 valence electrons. The first-order valence-corrected chi connectivity index (χ1v) is 11.5. The lowest BCUT2D eigenvalue weighted by atomic mass is 10.1. The van der Waals surface area contributed by atoms with Gasteiger partial charge in [0.15, 0.2) is 5.65 Å². The van der Waals surface area contributed by atoms with Crippen LogP contribution in [0, 0.1) is 0 Å². The highest BCUT2D eigenvalue weighted by atomic mass is 32.1. The van der Waals surface area contributed by atoms with Gasteiger partial charge in [0, 0.05) is 11.4 Å². The number of unbranched alkanes of at least 4 members (excludes halogenated alkanes) is 4. The summed E-state index contributed by atoms with van der Waals surface area (Å²) in [7, 11) is 0. The first kappa shape index (κ1) is 21.0. The minimum absolute atomic E-state index is 0.238. The predicted octanol–water partition coefficient (Wildman–Crippen LogP) is 4.81. The van der Waals surface area contributed by atoms with E-state index in [4.69, 9.17) is 15.7 Å². The lowest BCUT2D eigenvalue weighted by Crippen LogP contribution is -2.25. The molecule has 4 aromatic rings. The molecule has 3 heterocycles. The van der Waals surface area contributed by atoms with Crippen LogP contribution in [0.5, 0.6) is 0 Å². The Bertz CT molecular complexity index is 1210. The van der Waals surface area contributed by atoms with Crippen LogP contribution in [0.15, 0.2) is 46.9 Å². The Hall–Kier alpha value is -3.26. The number of hydrogen-bond acceptors (Lipinski definition) is 6. The second-order valence-corrected chi connectivity index (χ2v) is 8.37. The first-order valence-electron chi connectivity index (χ1n) is 10.6. The van der Waals surface area contributed by atoms with Crippen LogP contribution >= 0.6 is 11.3 Å². The molecule has 0 unspecified atom stereocenters. The average molecular weight is 435 g/mol. The van der Waals surface area contributed by atoms with E-state index in [0.717, 1.165) is 23.2 Å². The summed E-state index contributed by atoms with van der Waals surface area (Å²) in [5, 5.41) is 9.48. The number of para-hydroxylation sites is 2. The van der Waals surface area contributed by atoms with Crippen LogP contribution in [-0.2, 0) is 0 Å². The molecule has 0 fully saturated rings. The Labute approximate surface area is 185 Å². The molecule has 31 heavy (non-hydrogen) atoms. The predicted molar refractivity (Wildman–Crippen MR) is 128 cm³/mol. The number of anilines is 1. The number of thiophene rings is 1. The quantitative estimate of drug-likeness (QED) is 0.292. The number of carbonyl (C=O) groups is 1. The van der Waals surface area contributed by atoms with E-state index < -0.39 is 0 Å². The summed E-state index contributed by atoms with van der Waals surface area (Å²) in [6.07, 6.45) is 7.35. The second kappa shape index (κ2) is 9.70. The summed E-state index contributed by atoms with van der Waals surface area (Å²) in [5.41, 5.74) is 9.09. The van der Waals surface area contributed by atoms with E-state index in [-0.39, 0.29) is 11.7 Å². The van der Waals surface area contributed by atoms with Crippen LogP contribution < -0.4 is 11.1 Å². The van der Waals surface area contributed by atoms with E-state index in [1.54, 1.807) is 17.6 Å². The molecule has 4 rings (SSSR count). The van der Waals surface area contributed by atoms with Crippen molar-refractivity contribution in [2.45, 2.75) is 39.0 Å². The van der Waals surface area contributed by atoms with Crippen molar-refractivity contribution in [3.63, 3.8) is 0 Å². The van der Waals surface area contributed by atoms with Gasteiger partial charge < -0.3 is 11.1 Å². The number of hydrogen-bond donors (Lipinski definition) is 2. The lowest BCUT2D eigenvalue weighted by Gasteiger charge is -2.05. The van der Waals surface area contributed by atoms with E-state index in [1.807, 2.05) is 41.8 Å². The molecule has 0 saturated heterocycles. The Morgan fingerprint density at radius 1 is 1.13 bits per heavy atom. The summed E-state index contributed by atoms with van der Waals surface area (Å²) >= 11 is 1.57. The SMILES string of the molecule is CCCCCCCNC(=O)c1c(N)n(/N=C/c2cccs2)c2nc3ccccc3nc12. The standard InChI is InChI=1S/C23H26N6OS/c1-2-3-4-5-8-13-25-23(30)19-20-22(28-18-12-7-6-11-17(18)27-20)29(21(19)24)26-15-16-10-9-14-31-16/h6-7,9-12,14-15H,2-5,8,13,24H2,1H3,(H,25,30)/b26-15+. The third-order valence-corrected chi connectivity index (χ3v) is 5.92. The normalized spacial score (nSPS) is 11.6. The van der Waals surface area contributed by atoms with Crippen molar-refractivity contribution in [2.75, 3.05) is 12.3 Å². The summed E-state index contributed by atoms with van der Waals surface area (Å²) in [6, 6.07) is 11.5. The highest BCUT2D eigenvalue weighted by Crippen LogP contribution is 2.28. The highest BCUT2D eigenvalue weighted by Gasteiger charge is 2.23. The minimum Gasteiger partial charge on any atom is -0.383 e. The van der Waals surface area contributed by atoms with Crippen molar-refractivity contribution in [2.24, 2.45) is 5.10 Å². The molecule has 0 radical (unpaired) electrons. The van der Waals surface area contributed by atoms with Gasteiger partial charge in [0.2, 0.25) is 0 Å². The first-order chi connectivity index (χ1) is 15.2. The van der Waals surface area contributed by atoms with E-state index in [1.165, 1.54) is 23.9 Å².